The Labute approximate surface area is 103 Å². The highest BCUT2D eigenvalue weighted by molar-refractivity contribution is 6.30. The Morgan fingerprint density at radius 1 is 1.41 bits per heavy atom. The van der Waals surface area contributed by atoms with E-state index in [0.717, 1.165) is 5.56 Å². The predicted octanol–water partition coefficient (Wildman–Crippen LogP) is 2.90. The second-order valence-electron chi connectivity index (χ2n) is 3.65. The van der Waals surface area contributed by atoms with Crippen LogP contribution in [0.2, 0.25) is 5.15 Å². The number of ether oxygens (including phenoxy) is 1. The van der Waals surface area contributed by atoms with Crippen molar-refractivity contribution in [2.24, 2.45) is 0 Å². The van der Waals surface area contributed by atoms with Gasteiger partial charge in [-0.25, -0.2) is 9.78 Å². The number of halogens is 1. The number of aryl methyl sites for hydroxylation is 1. The zero-order chi connectivity index (χ0) is 12.6. The largest absolute Gasteiger partial charge is 0.494 e. The fourth-order valence-electron chi connectivity index (χ4n) is 1.62. The Kier molecular flexibility index (Phi) is 2.90. The Morgan fingerprint density at radius 3 is 2.71 bits per heavy atom. The van der Waals surface area contributed by atoms with Crippen LogP contribution in [0.1, 0.15) is 15.9 Å². The lowest BCUT2D eigenvalue weighted by Gasteiger charge is -2.08. The van der Waals surface area contributed by atoms with Crippen LogP contribution in [0.15, 0.2) is 18.2 Å². The van der Waals surface area contributed by atoms with Gasteiger partial charge in [0.15, 0.2) is 0 Å². The number of hydrogen-bond acceptors (Lipinski definition) is 3. The van der Waals surface area contributed by atoms with Crippen molar-refractivity contribution in [3.8, 4) is 5.75 Å². The van der Waals surface area contributed by atoms with Gasteiger partial charge in [0.2, 0.25) is 0 Å². The van der Waals surface area contributed by atoms with Crippen molar-refractivity contribution in [2.75, 3.05) is 7.11 Å². The normalized spacial score (nSPS) is 10.5. The number of aromatic nitrogens is 1. The topological polar surface area (TPSA) is 59.4 Å². The maximum absolute atomic E-state index is 11.0. The molecule has 0 aliphatic heterocycles. The molecule has 1 aromatic heterocycles. The lowest BCUT2D eigenvalue weighted by Crippen LogP contribution is -1.99. The summed E-state index contributed by atoms with van der Waals surface area (Å²) >= 11 is 5.94. The van der Waals surface area contributed by atoms with Gasteiger partial charge in [-0.2, -0.15) is 0 Å². The summed E-state index contributed by atoms with van der Waals surface area (Å²) in [6, 6.07) is 4.78. The molecule has 4 nitrogen and oxygen atoms in total. The number of aromatic carboxylic acids is 1. The van der Waals surface area contributed by atoms with Crippen molar-refractivity contribution in [1.82, 2.24) is 4.98 Å². The lowest BCUT2D eigenvalue weighted by molar-refractivity contribution is 0.0696. The number of rotatable bonds is 2. The maximum atomic E-state index is 11.0. The van der Waals surface area contributed by atoms with Gasteiger partial charge >= 0.3 is 5.97 Å². The Morgan fingerprint density at radius 2 is 2.12 bits per heavy atom. The molecule has 0 saturated heterocycles. The third kappa shape index (κ3) is 2.03. The highest BCUT2D eigenvalue weighted by Gasteiger charge is 2.12. The molecule has 2 aromatic rings. The monoisotopic (exact) mass is 251 g/mol. The second-order valence-corrected chi connectivity index (χ2v) is 4.01. The van der Waals surface area contributed by atoms with Crippen LogP contribution in [0, 0.1) is 6.92 Å². The van der Waals surface area contributed by atoms with Crippen molar-refractivity contribution in [2.45, 2.75) is 6.92 Å². The van der Waals surface area contributed by atoms with Crippen molar-refractivity contribution < 1.29 is 14.6 Å². The first-order valence-corrected chi connectivity index (χ1v) is 5.29. The molecule has 17 heavy (non-hydrogen) atoms. The molecular formula is C12H10ClNO3. The van der Waals surface area contributed by atoms with Crippen molar-refractivity contribution in [3.05, 3.63) is 34.5 Å². The van der Waals surface area contributed by atoms with E-state index in [9.17, 15) is 4.79 Å². The van der Waals surface area contributed by atoms with E-state index >= 15 is 0 Å². The van der Waals surface area contributed by atoms with Crippen LogP contribution >= 0.6 is 11.6 Å². The van der Waals surface area contributed by atoms with Gasteiger partial charge < -0.3 is 9.84 Å². The molecule has 0 atom stereocenters. The molecule has 0 radical (unpaired) electrons. The number of pyridine rings is 1. The summed E-state index contributed by atoms with van der Waals surface area (Å²) in [4.78, 5) is 15.2. The third-order valence-corrected chi connectivity index (χ3v) is 2.86. The zero-order valence-electron chi connectivity index (χ0n) is 9.32. The molecule has 5 heteroatoms. The van der Waals surface area contributed by atoms with Crippen LogP contribution in [0.25, 0.3) is 10.9 Å². The van der Waals surface area contributed by atoms with Crippen LogP contribution in [0.5, 0.6) is 5.75 Å². The van der Waals surface area contributed by atoms with Crippen molar-refractivity contribution in [1.29, 1.82) is 0 Å². The number of methoxy groups -OCH3 is 1. The van der Waals surface area contributed by atoms with E-state index in [0.29, 0.717) is 21.8 Å². The molecule has 0 bridgehead atoms. The quantitative estimate of drug-likeness (QED) is 0.834. The van der Waals surface area contributed by atoms with Gasteiger partial charge in [-0.05, 0) is 30.7 Å². The highest BCUT2D eigenvalue weighted by atomic mass is 35.5. The molecule has 1 heterocycles. The van der Waals surface area contributed by atoms with Crippen LogP contribution in [-0.4, -0.2) is 23.2 Å². The minimum atomic E-state index is -1.00. The highest BCUT2D eigenvalue weighted by Crippen LogP contribution is 2.29. The Balaban J connectivity index is 2.82. The van der Waals surface area contributed by atoms with Gasteiger partial charge in [0, 0.05) is 5.39 Å². The number of carboxylic acid groups (broad SMARTS) is 1. The van der Waals surface area contributed by atoms with Gasteiger partial charge in [0.1, 0.15) is 16.4 Å². The van der Waals surface area contributed by atoms with E-state index in [4.69, 9.17) is 21.4 Å². The summed E-state index contributed by atoms with van der Waals surface area (Å²) in [6.07, 6.45) is 0. The molecule has 0 aliphatic carbocycles. The van der Waals surface area contributed by atoms with Gasteiger partial charge in [-0.15, -0.1) is 0 Å². The summed E-state index contributed by atoms with van der Waals surface area (Å²) in [6.45, 7) is 1.81. The predicted molar refractivity (Wildman–Crippen MR) is 65.0 cm³/mol. The molecule has 0 unspecified atom stereocenters. The Bertz CT molecular complexity index is 610. The molecule has 88 valence electrons. The average Bonchev–Trinajstić information content (AvgIpc) is 2.29. The molecular weight excluding hydrogens is 242 g/mol. The van der Waals surface area contributed by atoms with E-state index in [1.807, 2.05) is 6.92 Å². The van der Waals surface area contributed by atoms with Crippen LogP contribution in [-0.2, 0) is 0 Å². The smallest absolute Gasteiger partial charge is 0.335 e. The zero-order valence-corrected chi connectivity index (χ0v) is 10.1. The summed E-state index contributed by atoms with van der Waals surface area (Å²) < 4.78 is 5.13. The van der Waals surface area contributed by atoms with Crippen LogP contribution in [0.3, 0.4) is 0 Å². The fourth-order valence-corrected chi connectivity index (χ4v) is 1.76. The molecule has 1 N–H and O–H groups in total. The first-order chi connectivity index (χ1) is 8.02. The number of fused-ring (bicyclic) bond motifs is 1. The minimum Gasteiger partial charge on any atom is -0.494 e. The molecule has 0 spiro atoms. The van der Waals surface area contributed by atoms with E-state index in [1.165, 1.54) is 13.2 Å². The second kappa shape index (κ2) is 4.22. The first kappa shape index (κ1) is 11.7. The third-order valence-electron chi connectivity index (χ3n) is 2.48. The summed E-state index contributed by atoms with van der Waals surface area (Å²) in [5.41, 5.74) is 1.52. The summed E-state index contributed by atoms with van der Waals surface area (Å²) in [5.74, 6) is -0.598. The van der Waals surface area contributed by atoms with Gasteiger partial charge in [0.05, 0.1) is 12.7 Å². The molecule has 0 fully saturated rings. The van der Waals surface area contributed by atoms with E-state index < -0.39 is 5.97 Å². The molecule has 2 rings (SSSR count). The number of benzene rings is 1. The average molecular weight is 252 g/mol. The van der Waals surface area contributed by atoms with Crippen LogP contribution < -0.4 is 4.74 Å². The molecule has 1 aromatic carbocycles. The van der Waals surface area contributed by atoms with Gasteiger partial charge in [0.25, 0.3) is 0 Å². The number of carbonyl (C=O) groups is 1. The van der Waals surface area contributed by atoms with E-state index in [1.54, 1.807) is 12.1 Å². The lowest BCUT2D eigenvalue weighted by atomic mass is 10.1. The van der Waals surface area contributed by atoms with Crippen molar-refractivity contribution >= 4 is 28.5 Å². The van der Waals surface area contributed by atoms with E-state index in [-0.39, 0.29) is 5.56 Å². The minimum absolute atomic E-state index is 0.165. The molecule has 0 amide bonds. The van der Waals surface area contributed by atoms with Crippen molar-refractivity contribution in [3.63, 3.8) is 0 Å². The number of carboxylic acids is 1. The maximum Gasteiger partial charge on any atom is 0.335 e. The molecule has 0 aliphatic rings. The van der Waals surface area contributed by atoms with Gasteiger partial charge in [-0.3, -0.25) is 0 Å². The molecule has 0 saturated carbocycles. The summed E-state index contributed by atoms with van der Waals surface area (Å²) in [7, 11) is 1.47. The number of nitrogens with zero attached hydrogens (tertiary/aromatic N) is 1. The van der Waals surface area contributed by atoms with Crippen LogP contribution in [0.4, 0.5) is 0 Å². The fraction of sp³-hybridized carbons (Fsp3) is 0.167. The Hall–Kier alpha value is -1.81. The van der Waals surface area contributed by atoms with Gasteiger partial charge in [-0.1, -0.05) is 11.6 Å². The first-order valence-electron chi connectivity index (χ1n) is 4.91. The SMILES string of the molecule is COc1cc(C(=O)O)cc2cc(C)c(Cl)nc12. The number of hydrogen-bond donors (Lipinski definition) is 1. The summed E-state index contributed by atoms with van der Waals surface area (Å²) in [5, 5.41) is 10.1. The van der Waals surface area contributed by atoms with E-state index in [2.05, 4.69) is 4.98 Å². The standard InChI is InChI=1S/C12H10ClNO3/c1-6-3-7-4-8(12(15)16)5-9(17-2)10(7)14-11(6)13/h3-5H,1-2H3,(H,15,16).